The number of nitrogens with zero attached hydrogens (tertiary/aromatic N) is 2. The molecule has 0 heterocycles. The summed E-state index contributed by atoms with van der Waals surface area (Å²) in [5.41, 5.74) is 1.92. The minimum absolute atomic E-state index is 0.0561. The van der Waals surface area contributed by atoms with Crippen LogP contribution in [0.2, 0.25) is 0 Å². The van der Waals surface area contributed by atoms with E-state index in [2.05, 4.69) is 34.3 Å². The van der Waals surface area contributed by atoms with Crippen LogP contribution in [0.15, 0.2) is 36.4 Å². The van der Waals surface area contributed by atoms with Crippen LogP contribution < -0.4 is 20.4 Å². The zero-order chi connectivity index (χ0) is 30.4. The second-order valence-electron chi connectivity index (χ2n) is 11.2. The van der Waals surface area contributed by atoms with Crippen molar-refractivity contribution >= 4 is 11.4 Å². The SMILES string of the molecule is CCN(CCCCCCNCCCCCCNCCCCCCN(CC)c1ccc(O)c(O)c1)c1ccc(O)c(O)c1. The molecule has 8 heteroatoms. The molecule has 8 nitrogen and oxygen atoms in total. The summed E-state index contributed by atoms with van der Waals surface area (Å²) in [7, 11) is 0. The Morgan fingerprint density at radius 1 is 0.452 bits per heavy atom. The Morgan fingerprint density at radius 2 is 0.786 bits per heavy atom. The van der Waals surface area contributed by atoms with E-state index in [-0.39, 0.29) is 23.0 Å². The molecular weight excluding hydrogens is 528 g/mol. The number of hydrogen-bond acceptors (Lipinski definition) is 8. The van der Waals surface area contributed by atoms with Crippen molar-refractivity contribution in [2.24, 2.45) is 0 Å². The molecule has 0 bridgehead atoms. The van der Waals surface area contributed by atoms with Gasteiger partial charge in [-0.2, -0.15) is 0 Å². The predicted octanol–water partition coefficient (Wildman–Crippen LogP) is 6.72. The van der Waals surface area contributed by atoms with E-state index in [1.165, 1.54) is 64.2 Å². The van der Waals surface area contributed by atoms with E-state index in [9.17, 15) is 20.4 Å². The van der Waals surface area contributed by atoms with Crippen molar-refractivity contribution in [3.05, 3.63) is 36.4 Å². The first-order valence-corrected chi connectivity index (χ1v) is 16.4. The lowest BCUT2D eigenvalue weighted by molar-refractivity contribution is 0.403. The van der Waals surface area contributed by atoms with Gasteiger partial charge in [-0.1, -0.05) is 38.5 Å². The van der Waals surface area contributed by atoms with Gasteiger partial charge in [0.2, 0.25) is 0 Å². The molecule has 0 amide bonds. The number of hydrogen-bond donors (Lipinski definition) is 6. The van der Waals surface area contributed by atoms with Gasteiger partial charge in [-0.25, -0.2) is 0 Å². The predicted molar refractivity (Wildman–Crippen MR) is 176 cm³/mol. The summed E-state index contributed by atoms with van der Waals surface area (Å²) in [6, 6.07) is 10.1. The first kappa shape index (κ1) is 35.4. The number of phenols is 4. The van der Waals surface area contributed by atoms with Crippen LogP contribution in [0.4, 0.5) is 11.4 Å². The first-order chi connectivity index (χ1) is 20.5. The van der Waals surface area contributed by atoms with Crippen molar-refractivity contribution in [2.45, 2.75) is 90.9 Å². The molecule has 6 N–H and O–H groups in total. The quantitative estimate of drug-likeness (QED) is 0.0562. The molecule has 0 saturated heterocycles. The highest BCUT2D eigenvalue weighted by Crippen LogP contribution is 2.30. The maximum atomic E-state index is 9.73. The van der Waals surface area contributed by atoms with Crippen LogP contribution in [0.1, 0.15) is 90.9 Å². The molecule has 42 heavy (non-hydrogen) atoms. The number of unbranched alkanes of at least 4 members (excludes halogenated alkanes) is 9. The average molecular weight is 587 g/mol. The molecule has 238 valence electrons. The fourth-order valence-corrected chi connectivity index (χ4v) is 5.27. The van der Waals surface area contributed by atoms with E-state index in [0.717, 1.165) is 76.6 Å². The highest BCUT2D eigenvalue weighted by atomic mass is 16.3. The standard InChI is InChI=1S/C34H58N4O4/c1-3-37(29-17-19-31(39)33(41)27-29)25-15-9-7-13-23-35-21-11-5-6-12-22-36-24-14-8-10-16-26-38(4-2)30-18-20-32(40)34(42)28-30/h17-20,27-28,35-36,39-42H,3-16,21-26H2,1-2H3. The molecule has 0 aliphatic carbocycles. The van der Waals surface area contributed by atoms with Crippen LogP contribution in [0, 0.1) is 0 Å². The molecule has 0 saturated carbocycles. The molecule has 0 atom stereocenters. The Bertz CT molecular complexity index is 897. The number of anilines is 2. The van der Waals surface area contributed by atoms with Gasteiger partial charge in [-0.3, -0.25) is 0 Å². The van der Waals surface area contributed by atoms with Crippen LogP contribution in [-0.2, 0) is 0 Å². The third-order valence-electron chi connectivity index (χ3n) is 7.93. The molecule has 0 aromatic heterocycles. The highest BCUT2D eigenvalue weighted by Gasteiger charge is 2.08. The van der Waals surface area contributed by atoms with Gasteiger partial charge in [0.05, 0.1) is 0 Å². The van der Waals surface area contributed by atoms with Gasteiger partial charge in [0, 0.05) is 49.7 Å². The zero-order valence-corrected chi connectivity index (χ0v) is 26.3. The molecule has 2 rings (SSSR count). The molecule has 0 radical (unpaired) electrons. The Labute approximate surface area is 254 Å². The summed E-state index contributed by atoms with van der Waals surface area (Å²) in [6.07, 6.45) is 14.7. The molecule has 0 fully saturated rings. The number of rotatable bonds is 25. The van der Waals surface area contributed by atoms with Crippen molar-refractivity contribution < 1.29 is 20.4 Å². The number of aromatic hydroxyl groups is 4. The van der Waals surface area contributed by atoms with E-state index in [4.69, 9.17) is 0 Å². The molecule has 2 aromatic rings. The molecule has 2 aromatic carbocycles. The van der Waals surface area contributed by atoms with Crippen LogP contribution in [0.5, 0.6) is 23.0 Å². The Morgan fingerprint density at radius 3 is 1.10 bits per heavy atom. The van der Waals surface area contributed by atoms with E-state index >= 15 is 0 Å². The highest BCUT2D eigenvalue weighted by molar-refractivity contribution is 5.56. The lowest BCUT2D eigenvalue weighted by atomic mass is 10.1. The van der Waals surface area contributed by atoms with Gasteiger partial charge in [-0.05, 0) is 103 Å². The monoisotopic (exact) mass is 586 g/mol. The minimum atomic E-state index is -0.0684. The van der Waals surface area contributed by atoms with E-state index in [1.807, 2.05) is 12.1 Å². The molecule has 0 unspecified atom stereocenters. The van der Waals surface area contributed by atoms with Crippen molar-refractivity contribution in [2.75, 3.05) is 62.2 Å². The third-order valence-corrected chi connectivity index (χ3v) is 7.93. The van der Waals surface area contributed by atoms with Crippen molar-refractivity contribution in [3.63, 3.8) is 0 Å². The Kier molecular flexibility index (Phi) is 18.4. The van der Waals surface area contributed by atoms with Gasteiger partial charge in [0.25, 0.3) is 0 Å². The number of benzene rings is 2. The summed E-state index contributed by atoms with van der Waals surface area (Å²) in [4.78, 5) is 4.48. The molecule has 0 spiro atoms. The van der Waals surface area contributed by atoms with Gasteiger partial charge in [0.15, 0.2) is 23.0 Å². The molecular formula is C34H58N4O4. The van der Waals surface area contributed by atoms with Gasteiger partial charge in [-0.15, -0.1) is 0 Å². The van der Waals surface area contributed by atoms with E-state index in [1.54, 1.807) is 24.3 Å². The van der Waals surface area contributed by atoms with E-state index in [0.29, 0.717) is 0 Å². The van der Waals surface area contributed by atoms with Crippen molar-refractivity contribution in [3.8, 4) is 23.0 Å². The summed E-state index contributed by atoms with van der Waals surface area (Å²) in [5.74, 6) is -0.249. The normalized spacial score (nSPS) is 11.2. The zero-order valence-electron chi connectivity index (χ0n) is 26.3. The van der Waals surface area contributed by atoms with Crippen LogP contribution in [0.3, 0.4) is 0 Å². The lowest BCUT2D eigenvalue weighted by Gasteiger charge is -2.23. The maximum Gasteiger partial charge on any atom is 0.159 e. The second-order valence-corrected chi connectivity index (χ2v) is 11.2. The van der Waals surface area contributed by atoms with Gasteiger partial charge < -0.3 is 40.9 Å². The first-order valence-electron chi connectivity index (χ1n) is 16.4. The van der Waals surface area contributed by atoms with E-state index < -0.39 is 0 Å². The van der Waals surface area contributed by atoms with Crippen LogP contribution in [0.25, 0.3) is 0 Å². The summed E-state index contributed by atoms with van der Waals surface area (Å²) >= 11 is 0. The number of nitrogens with one attached hydrogen (secondary N) is 2. The maximum absolute atomic E-state index is 9.73. The van der Waals surface area contributed by atoms with Crippen molar-refractivity contribution in [1.82, 2.24) is 10.6 Å². The average Bonchev–Trinajstić information content (AvgIpc) is 2.99. The van der Waals surface area contributed by atoms with Crippen LogP contribution >= 0.6 is 0 Å². The summed E-state index contributed by atoms with van der Waals surface area (Å²) in [5, 5.41) is 45.7. The fraction of sp³-hybridized carbons (Fsp3) is 0.647. The lowest BCUT2D eigenvalue weighted by Crippen LogP contribution is -2.23. The minimum Gasteiger partial charge on any atom is -0.504 e. The fourth-order valence-electron chi connectivity index (χ4n) is 5.27. The Balaban J connectivity index is 1.32. The largest absolute Gasteiger partial charge is 0.504 e. The molecule has 0 aliphatic rings. The van der Waals surface area contributed by atoms with Crippen LogP contribution in [-0.4, -0.2) is 72.8 Å². The van der Waals surface area contributed by atoms with Gasteiger partial charge in [0.1, 0.15) is 0 Å². The molecule has 0 aliphatic heterocycles. The topological polar surface area (TPSA) is 111 Å². The third kappa shape index (κ3) is 14.4. The smallest absolute Gasteiger partial charge is 0.159 e. The van der Waals surface area contributed by atoms with Crippen molar-refractivity contribution in [1.29, 1.82) is 0 Å². The Hall–Kier alpha value is -2.84. The summed E-state index contributed by atoms with van der Waals surface area (Å²) < 4.78 is 0. The van der Waals surface area contributed by atoms with Gasteiger partial charge >= 0.3 is 0 Å². The summed E-state index contributed by atoms with van der Waals surface area (Å²) in [6.45, 7) is 12.4. The second kappa shape index (κ2) is 21.8. The number of phenolic OH excluding ortho intramolecular Hbond substituents is 4.